The molecule has 1 N–H and O–H groups in total. The molecule has 1 amide bonds. The number of carbonyl (C=O) groups is 1. The summed E-state index contributed by atoms with van der Waals surface area (Å²) >= 11 is 0. The van der Waals surface area contributed by atoms with Crippen molar-refractivity contribution in [3.8, 4) is 11.4 Å². The van der Waals surface area contributed by atoms with Gasteiger partial charge in [-0.3, -0.25) is 9.48 Å². The Bertz CT molecular complexity index is 1470. The molecule has 192 valence electrons. The van der Waals surface area contributed by atoms with Crippen LogP contribution < -0.4 is 5.32 Å². The van der Waals surface area contributed by atoms with Crippen molar-refractivity contribution >= 4 is 22.5 Å². The summed E-state index contributed by atoms with van der Waals surface area (Å²) in [6, 6.07) is 12.4. The van der Waals surface area contributed by atoms with Gasteiger partial charge >= 0.3 is 0 Å². The molecule has 4 aromatic rings. The predicted molar refractivity (Wildman–Crippen MR) is 148 cm³/mol. The average molecular weight is 498 g/mol. The molecule has 8 nitrogen and oxygen atoms in total. The molecule has 8 heteroatoms. The van der Waals surface area contributed by atoms with Crippen LogP contribution in [0, 0.1) is 20.8 Å². The third-order valence-electron chi connectivity index (χ3n) is 7.23. The van der Waals surface area contributed by atoms with Crippen molar-refractivity contribution in [2.45, 2.75) is 46.8 Å². The number of anilines is 1. The first-order valence-corrected chi connectivity index (χ1v) is 12.8. The number of hydrogen-bond acceptors (Lipinski definition) is 6. The molecular weight excluding hydrogens is 462 g/mol. The lowest BCUT2D eigenvalue weighted by atomic mass is 10.0. The number of aromatic nitrogens is 4. The Morgan fingerprint density at radius 3 is 2.54 bits per heavy atom. The van der Waals surface area contributed by atoms with Gasteiger partial charge in [0.25, 0.3) is 5.91 Å². The molecule has 5 rings (SSSR count). The lowest BCUT2D eigenvalue weighted by Gasteiger charge is -2.37. The van der Waals surface area contributed by atoms with E-state index in [1.807, 2.05) is 69.0 Å². The van der Waals surface area contributed by atoms with Crippen LogP contribution in [0.1, 0.15) is 39.8 Å². The molecule has 0 bridgehead atoms. The number of carbonyl (C=O) groups excluding carboxylic acids is 1. The molecule has 3 aromatic heterocycles. The van der Waals surface area contributed by atoms with Gasteiger partial charge in [-0.1, -0.05) is 11.6 Å². The first-order chi connectivity index (χ1) is 17.7. The van der Waals surface area contributed by atoms with E-state index in [4.69, 9.17) is 9.97 Å². The lowest BCUT2D eigenvalue weighted by molar-refractivity contribution is 0.0787. The highest BCUT2D eigenvalue weighted by atomic mass is 16.2. The van der Waals surface area contributed by atoms with E-state index in [-0.39, 0.29) is 5.91 Å². The maximum atomic E-state index is 13.8. The summed E-state index contributed by atoms with van der Waals surface area (Å²) in [5.41, 5.74) is 8.05. The minimum Gasteiger partial charge on any atom is -0.378 e. The molecule has 1 aromatic carbocycles. The molecule has 0 radical (unpaired) electrons. The number of likely N-dealkylation sites (tertiary alicyclic amines) is 1. The van der Waals surface area contributed by atoms with E-state index in [0.29, 0.717) is 23.8 Å². The van der Waals surface area contributed by atoms with Crippen molar-refractivity contribution in [3.05, 3.63) is 70.7 Å². The van der Waals surface area contributed by atoms with Crippen LogP contribution in [0.5, 0.6) is 0 Å². The van der Waals surface area contributed by atoms with E-state index in [1.54, 1.807) is 4.90 Å². The van der Waals surface area contributed by atoms with Crippen molar-refractivity contribution in [1.82, 2.24) is 29.5 Å². The standard InChI is InChI=1S/C29H35N7O/c1-7-36-20(4)21(14-30-36)15-35(6)29(37)24-13-28(33-26-9-8-18(2)12-23(24)26)27-11-10-25(19(3)31-27)32-22-16-34(5)17-22/h8-14,22,32H,7,15-17H2,1-6H3. The van der Waals surface area contributed by atoms with Crippen LogP contribution in [-0.2, 0) is 13.1 Å². The second kappa shape index (κ2) is 9.94. The van der Waals surface area contributed by atoms with E-state index in [9.17, 15) is 4.79 Å². The normalized spacial score (nSPS) is 14.1. The van der Waals surface area contributed by atoms with Crippen LogP contribution in [0.2, 0.25) is 0 Å². The average Bonchev–Trinajstić information content (AvgIpc) is 3.21. The van der Waals surface area contributed by atoms with Crippen LogP contribution in [0.25, 0.3) is 22.3 Å². The number of nitrogens with zero attached hydrogens (tertiary/aromatic N) is 6. The molecule has 0 saturated carbocycles. The number of pyridine rings is 2. The molecule has 1 aliphatic heterocycles. The van der Waals surface area contributed by atoms with Crippen molar-refractivity contribution < 1.29 is 4.79 Å². The molecule has 1 saturated heterocycles. The van der Waals surface area contributed by atoms with Crippen molar-refractivity contribution in [2.75, 3.05) is 32.5 Å². The fraction of sp³-hybridized carbons (Fsp3) is 0.379. The highest BCUT2D eigenvalue weighted by Crippen LogP contribution is 2.28. The van der Waals surface area contributed by atoms with Gasteiger partial charge < -0.3 is 15.1 Å². The molecule has 0 unspecified atom stereocenters. The molecule has 37 heavy (non-hydrogen) atoms. The van der Waals surface area contributed by atoms with E-state index >= 15 is 0 Å². The molecule has 1 aliphatic rings. The molecule has 1 fully saturated rings. The zero-order valence-corrected chi connectivity index (χ0v) is 22.5. The number of nitrogens with one attached hydrogen (secondary N) is 1. The van der Waals surface area contributed by atoms with Gasteiger partial charge in [-0.25, -0.2) is 9.97 Å². The van der Waals surface area contributed by atoms with Crippen LogP contribution in [0.4, 0.5) is 5.69 Å². The van der Waals surface area contributed by atoms with Crippen molar-refractivity contribution in [3.63, 3.8) is 0 Å². The SMILES string of the molecule is CCn1ncc(CN(C)C(=O)c2cc(-c3ccc(NC4CN(C)C4)c(C)n3)nc3ccc(C)cc23)c1C. The maximum Gasteiger partial charge on any atom is 0.254 e. The van der Waals surface area contributed by atoms with Gasteiger partial charge in [-0.2, -0.15) is 5.10 Å². The quantitative estimate of drug-likeness (QED) is 0.407. The van der Waals surface area contributed by atoms with Gasteiger partial charge in [0.2, 0.25) is 0 Å². The zero-order valence-electron chi connectivity index (χ0n) is 22.5. The Morgan fingerprint density at radius 1 is 1.08 bits per heavy atom. The third kappa shape index (κ3) is 4.93. The van der Waals surface area contributed by atoms with Gasteiger partial charge in [-0.05, 0) is 65.1 Å². The molecule has 0 spiro atoms. The summed E-state index contributed by atoms with van der Waals surface area (Å²) in [7, 11) is 3.96. The number of aryl methyl sites for hydroxylation is 3. The highest BCUT2D eigenvalue weighted by Gasteiger charge is 2.24. The van der Waals surface area contributed by atoms with Gasteiger partial charge in [0.15, 0.2) is 0 Å². The number of rotatable bonds is 7. The third-order valence-corrected chi connectivity index (χ3v) is 7.23. The summed E-state index contributed by atoms with van der Waals surface area (Å²) in [5, 5.41) is 8.86. The fourth-order valence-corrected chi connectivity index (χ4v) is 5.01. The fourth-order valence-electron chi connectivity index (χ4n) is 5.01. The number of hydrogen-bond donors (Lipinski definition) is 1. The lowest BCUT2D eigenvalue weighted by Crippen LogP contribution is -2.52. The van der Waals surface area contributed by atoms with Crippen LogP contribution >= 0.6 is 0 Å². The first-order valence-electron chi connectivity index (χ1n) is 12.8. The highest BCUT2D eigenvalue weighted by molar-refractivity contribution is 6.07. The van der Waals surface area contributed by atoms with E-state index in [2.05, 4.69) is 35.4 Å². The van der Waals surface area contributed by atoms with Crippen molar-refractivity contribution in [2.24, 2.45) is 0 Å². The Morgan fingerprint density at radius 2 is 1.86 bits per heavy atom. The maximum absolute atomic E-state index is 13.8. The van der Waals surface area contributed by atoms with Crippen LogP contribution in [0.3, 0.4) is 0 Å². The van der Waals surface area contributed by atoms with Gasteiger partial charge in [0.05, 0.1) is 46.1 Å². The largest absolute Gasteiger partial charge is 0.378 e. The van der Waals surface area contributed by atoms with E-state index in [1.165, 1.54) is 0 Å². The Balaban J connectivity index is 1.48. The zero-order chi connectivity index (χ0) is 26.3. The second-order valence-corrected chi connectivity index (χ2v) is 10.2. The summed E-state index contributed by atoms with van der Waals surface area (Å²) in [5.74, 6) is -0.0491. The van der Waals surface area contributed by atoms with E-state index < -0.39 is 0 Å². The molecule has 0 atom stereocenters. The van der Waals surface area contributed by atoms with Crippen LogP contribution in [-0.4, -0.2) is 68.7 Å². The topological polar surface area (TPSA) is 79.2 Å². The summed E-state index contributed by atoms with van der Waals surface area (Å²) in [4.78, 5) is 27.6. The number of benzene rings is 1. The predicted octanol–water partition coefficient (Wildman–Crippen LogP) is 4.44. The Labute approximate surface area is 218 Å². The molecular formula is C29H35N7O. The number of fused-ring (bicyclic) bond motifs is 1. The van der Waals surface area contributed by atoms with Gasteiger partial charge in [0, 0.05) is 49.9 Å². The summed E-state index contributed by atoms with van der Waals surface area (Å²) in [6.45, 7) is 11.5. The monoisotopic (exact) mass is 497 g/mol. The van der Waals surface area contributed by atoms with Crippen LogP contribution in [0.15, 0.2) is 42.6 Å². The second-order valence-electron chi connectivity index (χ2n) is 10.2. The number of amides is 1. The summed E-state index contributed by atoms with van der Waals surface area (Å²) in [6.07, 6.45) is 1.85. The Hall–Kier alpha value is -3.78. The smallest absolute Gasteiger partial charge is 0.254 e. The van der Waals surface area contributed by atoms with Gasteiger partial charge in [0.1, 0.15) is 0 Å². The minimum atomic E-state index is -0.0491. The minimum absolute atomic E-state index is 0.0491. The first kappa shape index (κ1) is 24.9. The molecule has 0 aliphatic carbocycles. The van der Waals surface area contributed by atoms with Gasteiger partial charge in [-0.15, -0.1) is 0 Å². The molecule has 4 heterocycles. The van der Waals surface area contributed by atoms with Crippen molar-refractivity contribution in [1.29, 1.82) is 0 Å². The number of likely N-dealkylation sites (N-methyl/N-ethyl adjacent to an activating group) is 1. The summed E-state index contributed by atoms with van der Waals surface area (Å²) < 4.78 is 1.95. The van der Waals surface area contributed by atoms with E-state index in [0.717, 1.165) is 64.4 Å². The Kier molecular flexibility index (Phi) is 6.69.